The normalized spacial score (nSPS) is 22.9. The molecule has 1 amide bonds. The fourth-order valence-electron chi connectivity index (χ4n) is 5.90. The summed E-state index contributed by atoms with van der Waals surface area (Å²) in [4.78, 5) is 17.3. The van der Waals surface area contributed by atoms with Crippen LogP contribution in [0.2, 0.25) is 0 Å². The second kappa shape index (κ2) is 12.2. The number of benzene rings is 1. The number of hydrogen-bond acceptors (Lipinski definition) is 6. The summed E-state index contributed by atoms with van der Waals surface area (Å²) >= 11 is 0. The quantitative estimate of drug-likeness (QED) is 0.391. The van der Waals surface area contributed by atoms with Crippen LogP contribution in [-0.2, 0) is 19.6 Å². The Kier molecular flexibility index (Phi) is 9.82. The Morgan fingerprint density at radius 2 is 1.81 bits per heavy atom. The minimum atomic E-state index is -3.68. The van der Waals surface area contributed by atoms with E-state index in [-0.39, 0.29) is 30.6 Å². The molecule has 0 N–H and O–H groups in total. The van der Waals surface area contributed by atoms with Gasteiger partial charge in [0.15, 0.2) is 0 Å². The molecule has 1 aliphatic carbocycles. The highest BCUT2D eigenvalue weighted by atomic mass is 32.2. The average molecular weight is 524 g/mol. The largest absolute Gasteiger partial charge is 0.497 e. The van der Waals surface area contributed by atoms with Gasteiger partial charge in [0.25, 0.3) is 0 Å². The molecule has 2 aliphatic rings. The van der Waals surface area contributed by atoms with Gasteiger partial charge in [-0.3, -0.25) is 4.79 Å². The molecule has 36 heavy (non-hydrogen) atoms. The molecule has 1 aliphatic heterocycles. The number of likely N-dealkylation sites (N-methyl/N-ethyl adjacent to an activating group) is 2. The fourth-order valence-corrected chi connectivity index (χ4v) is 7.46. The topological polar surface area (TPSA) is 79.4 Å². The Morgan fingerprint density at radius 1 is 1.17 bits per heavy atom. The van der Waals surface area contributed by atoms with E-state index in [1.807, 2.05) is 7.05 Å². The Balaban J connectivity index is 1.41. The van der Waals surface area contributed by atoms with Crippen molar-refractivity contribution in [1.82, 2.24) is 14.1 Å². The number of hydrogen-bond donors (Lipinski definition) is 0. The number of rotatable bonds is 12. The highest BCUT2D eigenvalue weighted by Gasteiger charge is 2.37. The van der Waals surface area contributed by atoms with Crippen molar-refractivity contribution in [2.75, 3.05) is 67.1 Å². The highest BCUT2D eigenvalue weighted by molar-refractivity contribution is 7.89. The van der Waals surface area contributed by atoms with Crippen molar-refractivity contribution < 1.29 is 22.7 Å². The molecule has 2 fully saturated rings. The van der Waals surface area contributed by atoms with Crippen LogP contribution < -0.4 is 4.74 Å². The van der Waals surface area contributed by atoms with Gasteiger partial charge >= 0.3 is 0 Å². The van der Waals surface area contributed by atoms with Crippen molar-refractivity contribution >= 4 is 15.9 Å². The van der Waals surface area contributed by atoms with Gasteiger partial charge in [0.05, 0.1) is 18.6 Å². The van der Waals surface area contributed by atoms with Gasteiger partial charge in [0.1, 0.15) is 12.4 Å². The van der Waals surface area contributed by atoms with Crippen LogP contribution in [0.15, 0.2) is 17.0 Å². The van der Waals surface area contributed by atoms with E-state index < -0.39 is 10.0 Å². The van der Waals surface area contributed by atoms with Gasteiger partial charge in [-0.2, -0.15) is 4.31 Å². The van der Waals surface area contributed by atoms with Crippen LogP contribution in [0.5, 0.6) is 5.75 Å². The van der Waals surface area contributed by atoms with Gasteiger partial charge in [-0.1, -0.05) is 6.92 Å². The smallest absolute Gasteiger partial charge is 0.248 e. The van der Waals surface area contributed by atoms with E-state index in [4.69, 9.17) is 9.47 Å². The molecule has 9 heteroatoms. The van der Waals surface area contributed by atoms with Crippen LogP contribution in [0, 0.1) is 25.2 Å². The maximum atomic E-state index is 13.1. The minimum absolute atomic E-state index is 0.0389. The predicted octanol–water partition coefficient (Wildman–Crippen LogP) is 3.31. The molecule has 8 nitrogen and oxygen atoms in total. The number of carbonyl (C=O) groups excluding carboxylic acids is 1. The minimum Gasteiger partial charge on any atom is -0.497 e. The lowest BCUT2D eigenvalue weighted by Gasteiger charge is -2.30. The summed E-state index contributed by atoms with van der Waals surface area (Å²) in [5, 5.41) is 0. The van der Waals surface area contributed by atoms with Gasteiger partial charge in [0.2, 0.25) is 15.9 Å². The van der Waals surface area contributed by atoms with E-state index in [9.17, 15) is 13.2 Å². The lowest BCUT2D eigenvalue weighted by atomic mass is 9.87. The zero-order chi connectivity index (χ0) is 26.5. The SMILES string of the molecule is COc1cc(C)c(S(=O)(=O)N(C)CCOCC(=O)N(C)CC2CC[C@](C)(CN3CCCC3)C2)c(C)c1. The number of aryl methyl sites for hydroxylation is 2. The molecule has 1 aromatic carbocycles. The first-order chi connectivity index (χ1) is 16.9. The first-order valence-corrected chi connectivity index (χ1v) is 14.5. The lowest BCUT2D eigenvalue weighted by Crippen LogP contribution is -2.36. The summed E-state index contributed by atoms with van der Waals surface area (Å²) < 4.78 is 38.3. The number of likely N-dealkylation sites (tertiary alicyclic amines) is 1. The highest BCUT2D eigenvalue weighted by Crippen LogP contribution is 2.42. The van der Waals surface area contributed by atoms with Crippen molar-refractivity contribution in [3.63, 3.8) is 0 Å². The molecule has 1 saturated heterocycles. The van der Waals surface area contributed by atoms with Crippen molar-refractivity contribution in [1.29, 1.82) is 0 Å². The molecule has 2 atom stereocenters. The number of nitrogens with zero attached hydrogens (tertiary/aromatic N) is 3. The Bertz CT molecular complexity index is 986. The van der Waals surface area contributed by atoms with Crippen LogP contribution in [0.25, 0.3) is 0 Å². The van der Waals surface area contributed by atoms with Crippen LogP contribution in [0.1, 0.15) is 50.2 Å². The van der Waals surface area contributed by atoms with Crippen molar-refractivity contribution in [3.05, 3.63) is 23.3 Å². The molecule has 204 valence electrons. The number of amides is 1. The first kappa shape index (κ1) is 28.9. The number of carbonyl (C=O) groups is 1. The lowest BCUT2D eigenvalue weighted by molar-refractivity contribution is -0.135. The van der Waals surface area contributed by atoms with E-state index in [1.54, 1.807) is 38.0 Å². The van der Waals surface area contributed by atoms with E-state index >= 15 is 0 Å². The number of ether oxygens (including phenoxy) is 2. The third kappa shape index (κ3) is 7.21. The van der Waals surface area contributed by atoms with Crippen LogP contribution in [0.4, 0.5) is 0 Å². The molecule has 1 unspecified atom stereocenters. The van der Waals surface area contributed by atoms with Gasteiger partial charge in [-0.15, -0.1) is 0 Å². The molecule has 0 spiro atoms. The molecule has 1 aromatic rings. The molecule has 1 heterocycles. The number of sulfonamides is 1. The van der Waals surface area contributed by atoms with E-state index in [1.165, 1.54) is 50.2 Å². The third-order valence-corrected chi connectivity index (χ3v) is 9.98. The molecule has 1 saturated carbocycles. The van der Waals surface area contributed by atoms with Crippen LogP contribution in [0.3, 0.4) is 0 Å². The Hall–Kier alpha value is -1.68. The maximum Gasteiger partial charge on any atom is 0.248 e. The van der Waals surface area contributed by atoms with E-state index in [0.717, 1.165) is 19.4 Å². The van der Waals surface area contributed by atoms with Crippen molar-refractivity contribution in [2.24, 2.45) is 11.3 Å². The van der Waals surface area contributed by atoms with E-state index in [2.05, 4.69) is 11.8 Å². The zero-order valence-electron chi connectivity index (χ0n) is 23.0. The average Bonchev–Trinajstić information content (AvgIpc) is 3.44. The summed E-state index contributed by atoms with van der Waals surface area (Å²) in [6, 6.07) is 3.44. The molecular formula is C27H45N3O5S. The molecule has 0 radical (unpaired) electrons. The Morgan fingerprint density at radius 3 is 2.42 bits per heavy atom. The summed E-state index contributed by atoms with van der Waals surface area (Å²) in [6.45, 7) is 10.6. The van der Waals surface area contributed by atoms with Crippen molar-refractivity contribution in [3.8, 4) is 5.75 Å². The monoisotopic (exact) mass is 523 g/mol. The fraction of sp³-hybridized carbons (Fsp3) is 0.741. The van der Waals surface area contributed by atoms with Gasteiger partial charge < -0.3 is 19.3 Å². The molecule has 0 bridgehead atoms. The molecule has 3 rings (SSSR count). The zero-order valence-corrected chi connectivity index (χ0v) is 23.8. The third-order valence-electron chi connectivity index (χ3n) is 7.81. The first-order valence-electron chi connectivity index (χ1n) is 13.1. The van der Waals surface area contributed by atoms with Gasteiger partial charge in [-0.25, -0.2) is 8.42 Å². The van der Waals surface area contributed by atoms with Crippen molar-refractivity contribution in [2.45, 2.75) is 57.8 Å². The number of methoxy groups -OCH3 is 1. The molecular weight excluding hydrogens is 478 g/mol. The Labute approximate surface area is 218 Å². The van der Waals surface area contributed by atoms with Gasteiger partial charge in [-0.05, 0) is 93.6 Å². The summed E-state index contributed by atoms with van der Waals surface area (Å²) in [5.41, 5.74) is 1.63. The summed E-state index contributed by atoms with van der Waals surface area (Å²) in [6.07, 6.45) is 6.18. The standard InChI is InChI=1S/C27H45N3O5S/c1-21-15-24(34-6)16-22(2)26(21)36(32,33)29(5)13-14-35-19-25(31)28(4)18-23-9-10-27(3,17-23)20-30-11-7-8-12-30/h15-16,23H,7-14,17-20H2,1-6H3/t23?,27-/m0/s1. The summed E-state index contributed by atoms with van der Waals surface area (Å²) in [5.74, 6) is 1.10. The van der Waals surface area contributed by atoms with Crippen LogP contribution in [-0.4, -0.2) is 95.6 Å². The second-order valence-electron chi connectivity index (χ2n) is 11.1. The van der Waals surface area contributed by atoms with Crippen LogP contribution >= 0.6 is 0 Å². The summed E-state index contributed by atoms with van der Waals surface area (Å²) in [7, 11) is 1.26. The van der Waals surface area contributed by atoms with Gasteiger partial charge in [0, 0.05) is 33.7 Å². The molecule has 0 aromatic heterocycles. The second-order valence-corrected chi connectivity index (χ2v) is 13.1. The maximum absolute atomic E-state index is 13.1. The predicted molar refractivity (Wildman–Crippen MR) is 142 cm³/mol. The van der Waals surface area contributed by atoms with E-state index in [0.29, 0.717) is 28.2 Å².